The number of carbonyl (C=O) groups excluding carboxylic acids is 1. The summed E-state index contributed by atoms with van der Waals surface area (Å²) in [7, 11) is 1.43. The number of rotatable bonds is 1. The first kappa shape index (κ1) is 17.2. The minimum atomic E-state index is -0.284. The minimum Gasteiger partial charge on any atom is -0.453 e. The molecule has 0 saturated carbocycles. The van der Waals surface area contributed by atoms with Crippen LogP contribution in [-0.4, -0.2) is 29.6 Å². The zero-order chi connectivity index (χ0) is 16.5. The first-order valence-electron chi connectivity index (χ1n) is 8.06. The average molecular weight is 355 g/mol. The molecule has 4 nitrogen and oxygen atoms in total. The molecule has 128 valence electrons. The van der Waals surface area contributed by atoms with E-state index in [9.17, 15) is 4.79 Å². The lowest BCUT2D eigenvalue weighted by molar-refractivity contribution is 0.118. The van der Waals surface area contributed by atoms with Gasteiger partial charge in [0, 0.05) is 29.6 Å². The Bertz CT molecular complexity index is 912. The maximum Gasteiger partial charge on any atom is 0.409 e. The Labute approximate surface area is 152 Å². The molecule has 0 radical (unpaired) electrons. The largest absolute Gasteiger partial charge is 0.453 e. The van der Waals surface area contributed by atoms with Crippen molar-refractivity contribution in [3.8, 4) is 11.1 Å². The molecule has 0 fully saturated rings. The number of benzene rings is 2. The van der Waals surface area contributed by atoms with Gasteiger partial charge in [0.2, 0.25) is 0 Å². The molecule has 2 heterocycles. The Hall–Kier alpha value is -2.59. The lowest BCUT2D eigenvalue weighted by atomic mass is 9.91. The molecule has 5 heteroatoms. The Kier molecular flexibility index (Phi) is 4.91. The van der Waals surface area contributed by atoms with Crippen LogP contribution in [0.3, 0.4) is 0 Å². The van der Waals surface area contributed by atoms with Gasteiger partial charge in [-0.15, -0.1) is 12.4 Å². The van der Waals surface area contributed by atoms with Crippen LogP contribution in [-0.2, 0) is 17.7 Å². The second kappa shape index (κ2) is 7.11. The van der Waals surface area contributed by atoms with Crippen LogP contribution in [0.15, 0.2) is 54.6 Å². The SMILES string of the molecule is COC(=O)N1CCc2nc3ccccc3c(-c3ccccc3)c2C1.Cl. The highest BCUT2D eigenvalue weighted by molar-refractivity contribution is 5.96. The van der Waals surface area contributed by atoms with Crippen LogP contribution < -0.4 is 0 Å². The number of fused-ring (bicyclic) bond motifs is 2. The van der Waals surface area contributed by atoms with E-state index in [2.05, 4.69) is 24.3 Å². The van der Waals surface area contributed by atoms with Crippen molar-refractivity contribution in [1.29, 1.82) is 0 Å². The highest BCUT2D eigenvalue weighted by atomic mass is 35.5. The second-order valence-corrected chi connectivity index (χ2v) is 5.94. The van der Waals surface area contributed by atoms with Crippen molar-refractivity contribution in [1.82, 2.24) is 9.88 Å². The third kappa shape index (κ3) is 3.05. The van der Waals surface area contributed by atoms with Gasteiger partial charge in [-0.05, 0) is 17.2 Å². The Balaban J connectivity index is 0.00000182. The van der Waals surface area contributed by atoms with E-state index in [1.54, 1.807) is 4.90 Å². The molecule has 0 saturated heterocycles. The van der Waals surface area contributed by atoms with Gasteiger partial charge in [-0.1, -0.05) is 48.5 Å². The van der Waals surface area contributed by atoms with Crippen LogP contribution in [0.1, 0.15) is 11.3 Å². The van der Waals surface area contributed by atoms with E-state index in [4.69, 9.17) is 9.72 Å². The summed E-state index contributed by atoms with van der Waals surface area (Å²) in [6.45, 7) is 1.17. The number of hydrogen-bond donors (Lipinski definition) is 0. The van der Waals surface area contributed by atoms with Crippen molar-refractivity contribution in [2.45, 2.75) is 13.0 Å². The van der Waals surface area contributed by atoms with Gasteiger partial charge in [0.25, 0.3) is 0 Å². The van der Waals surface area contributed by atoms with E-state index < -0.39 is 0 Å². The van der Waals surface area contributed by atoms with E-state index in [1.807, 2.05) is 30.3 Å². The molecule has 0 aliphatic carbocycles. The van der Waals surface area contributed by atoms with Crippen molar-refractivity contribution < 1.29 is 9.53 Å². The zero-order valence-corrected chi connectivity index (χ0v) is 14.8. The minimum absolute atomic E-state index is 0. The molecule has 0 unspecified atom stereocenters. The van der Waals surface area contributed by atoms with Crippen molar-refractivity contribution in [3.05, 3.63) is 65.9 Å². The standard InChI is InChI=1S/C20H18N2O2.ClH/c1-24-20(23)22-12-11-18-16(13-22)19(14-7-3-2-4-8-14)15-9-5-6-10-17(15)21-18;/h2-10H,11-13H2,1H3;1H. The molecular formula is C20H19ClN2O2. The first-order chi connectivity index (χ1) is 11.8. The van der Waals surface area contributed by atoms with E-state index >= 15 is 0 Å². The lowest BCUT2D eigenvalue weighted by Gasteiger charge is -2.29. The third-order valence-electron chi connectivity index (χ3n) is 4.54. The average Bonchev–Trinajstić information content (AvgIpc) is 2.65. The molecule has 0 N–H and O–H groups in total. The fourth-order valence-corrected chi connectivity index (χ4v) is 3.41. The number of amides is 1. The Morgan fingerprint density at radius 2 is 1.80 bits per heavy atom. The van der Waals surface area contributed by atoms with Crippen LogP contribution >= 0.6 is 12.4 Å². The summed E-state index contributed by atoms with van der Waals surface area (Å²) in [6, 6.07) is 18.5. The number of methoxy groups -OCH3 is 1. The van der Waals surface area contributed by atoms with Crippen LogP contribution in [0.2, 0.25) is 0 Å². The zero-order valence-electron chi connectivity index (χ0n) is 13.9. The maximum absolute atomic E-state index is 12.0. The topological polar surface area (TPSA) is 42.4 Å². The molecule has 0 bridgehead atoms. The molecule has 25 heavy (non-hydrogen) atoms. The monoisotopic (exact) mass is 354 g/mol. The quantitative estimate of drug-likeness (QED) is 0.648. The fourth-order valence-electron chi connectivity index (χ4n) is 3.41. The van der Waals surface area contributed by atoms with Crippen LogP contribution in [0.25, 0.3) is 22.0 Å². The summed E-state index contributed by atoms with van der Waals surface area (Å²) in [5.41, 5.74) is 5.52. The number of aromatic nitrogens is 1. The van der Waals surface area contributed by atoms with Crippen LogP contribution in [0, 0.1) is 0 Å². The van der Waals surface area contributed by atoms with Gasteiger partial charge in [0.15, 0.2) is 0 Å². The van der Waals surface area contributed by atoms with Crippen molar-refractivity contribution in [2.24, 2.45) is 0 Å². The second-order valence-electron chi connectivity index (χ2n) is 5.94. The van der Waals surface area contributed by atoms with Crippen molar-refractivity contribution >= 4 is 29.4 Å². The summed E-state index contributed by atoms with van der Waals surface area (Å²) in [5.74, 6) is 0. The smallest absolute Gasteiger partial charge is 0.409 e. The predicted molar refractivity (Wildman–Crippen MR) is 101 cm³/mol. The van der Waals surface area contributed by atoms with E-state index in [1.165, 1.54) is 12.7 Å². The molecule has 1 aliphatic heterocycles. The maximum atomic E-state index is 12.0. The lowest BCUT2D eigenvalue weighted by Crippen LogP contribution is -2.36. The molecule has 0 spiro atoms. The van der Waals surface area contributed by atoms with Gasteiger partial charge < -0.3 is 9.64 Å². The Morgan fingerprint density at radius 1 is 1.08 bits per heavy atom. The van der Waals surface area contributed by atoms with Crippen LogP contribution in [0.5, 0.6) is 0 Å². The molecule has 1 aliphatic rings. The Morgan fingerprint density at radius 3 is 2.56 bits per heavy atom. The number of para-hydroxylation sites is 1. The number of nitrogens with zero attached hydrogens (tertiary/aromatic N) is 2. The van der Waals surface area contributed by atoms with E-state index in [0.29, 0.717) is 13.1 Å². The van der Waals surface area contributed by atoms with Gasteiger partial charge >= 0.3 is 6.09 Å². The van der Waals surface area contributed by atoms with Gasteiger partial charge in [-0.25, -0.2) is 4.79 Å². The third-order valence-corrected chi connectivity index (χ3v) is 4.54. The molecule has 3 aromatic rings. The number of pyridine rings is 1. The molecule has 4 rings (SSSR count). The molecule has 1 amide bonds. The molecule has 0 atom stereocenters. The molecule has 2 aromatic carbocycles. The fraction of sp³-hybridized carbons (Fsp3) is 0.200. The van der Waals surface area contributed by atoms with Gasteiger partial charge in [-0.2, -0.15) is 0 Å². The summed E-state index contributed by atoms with van der Waals surface area (Å²) in [4.78, 5) is 18.6. The summed E-state index contributed by atoms with van der Waals surface area (Å²) >= 11 is 0. The summed E-state index contributed by atoms with van der Waals surface area (Å²) in [5, 5.41) is 1.12. The number of carbonyl (C=O) groups is 1. The van der Waals surface area contributed by atoms with Gasteiger partial charge in [0.1, 0.15) is 0 Å². The summed E-state index contributed by atoms with van der Waals surface area (Å²) in [6.07, 6.45) is 0.461. The van der Waals surface area contributed by atoms with E-state index in [0.717, 1.165) is 34.1 Å². The molecule has 1 aromatic heterocycles. The van der Waals surface area contributed by atoms with Gasteiger partial charge in [-0.3, -0.25) is 4.98 Å². The van der Waals surface area contributed by atoms with Crippen LogP contribution in [0.4, 0.5) is 4.79 Å². The number of hydrogen-bond acceptors (Lipinski definition) is 3. The van der Waals surface area contributed by atoms with E-state index in [-0.39, 0.29) is 18.5 Å². The first-order valence-corrected chi connectivity index (χ1v) is 8.06. The predicted octanol–water partition coefficient (Wildman–Crippen LogP) is 4.45. The molecular weight excluding hydrogens is 336 g/mol. The highest BCUT2D eigenvalue weighted by Gasteiger charge is 2.26. The van der Waals surface area contributed by atoms with Gasteiger partial charge in [0.05, 0.1) is 19.2 Å². The number of ether oxygens (including phenoxy) is 1. The summed E-state index contributed by atoms with van der Waals surface area (Å²) < 4.78 is 4.90. The normalized spacial score (nSPS) is 13.1. The van der Waals surface area contributed by atoms with Crippen molar-refractivity contribution in [3.63, 3.8) is 0 Å². The highest BCUT2D eigenvalue weighted by Crippen LogP contribution is 2.35. The van der Waals surface area contributed by atoms with Crippen molar-refractivity contribution in [2.75, 3.05) is 13.7 Å². The number of halogens is 1.